The smallest absolute Gasteiger partial charge is 0.0900 e. The van der Waals surface area contributed by atoms with E-state index in [1.54, 1.807) is 11.3 Å². The fourth-order valence-electron chi connectivity index (χ4n) is 1.24. The van der Waals surface area contributed by atoms with Crippen LogP contribution >= 0.6 is 11.3 Å². The summed E-state index contributed by atoms with van der Waals surface area (Å²) in [5, 5.41) is 10.5. The molecule has 2 atom stereocenters. The van der Waals surface area contributed by atoms with Crippen molar-refractivity contribution in [3.05, 3.63) is 15.6 Å². The summed E-state index contributed by atoms with van der Waals surface area (Å²) in [6.45, 7) is 8.00. The van der Waals surface area contributed by atoms with Crippen LogP contribution in [-0.4, -0.2) is 16.2 Å². The van der Waals surface area contributed by atoms with Crippen molar-refractivity contribution < 1.29 is 5.11 Å². The summed E-state index contributed by atoms with van der Waals surface area (Å²) in [6.07, 6.45) is 0.634. The van der Waals surface area contributed by atoms with Crippen molar-refractivity contribution in [1.29, 1.82) is 0 Å². The number of aliphatic hydroxyl groups excluding tert-OH is 1. The molecular weight excluding hydrogens is 182 g/mol. The minimum absolute atomic E-state index is 0.249. The Morgan fingerprint density at radius 3 is 2.38 bits per heavy atom. The number of hydrogen-bond donors (Lipinski definition) is 1. The highest BCUT2D eigenvalue weighted by molar-refractivity contribution is 7.11. The molecule has 1 aromatic heterocycles. The van der Waals surface area contributed by atoms with Crippen LogP contribution in [0.15, 0.2) is 0 Å². The van der Waals surface area contributed by atoms with Crippen molar-refractivity contribution in [3.8, 4) is 0 Å². The van der Waals surface area contributed by atoms with E-state index >= 15 is 0 Å². The van der Waals surface area contributed by atoms with Gasteiger partial charge in [-0.05, 0) is 33.1 Å². The zero-order chi connectivity index (χ0) is 10.0. The average Bonchev–Trinajstić information content (AvgIpc) is 2.30. The molecule has 74 valence electrons. The molecule has 0 amide bonds. The predicted octanol–water partition coefficient (Wildman–Crippen LogP) is 2.32. The van der Waals surface area contributed by atoms with Crippen LogP contribution in [0.1, 0.15) is 29.4 Å². The molecule has 1 rings (SSSR count). The van der Waals surface area contributed by atoms with Gasteiger partial charge in [0.2, 0.25) is 0 Å². The fourth-order valence-corrected chi connectivity index (χ4v) is 2.08. The molecule has 0 bridgehead atoms. The Morgan fingerprint density at radius 2 is 2.00 bits per heavy atom. The molecule has 0 aliphatic heterocycles. The van der Waals surface area contributed by atoms with Gasteiger partial charge >= 0.3 is 0 Å². The van der Waals surface area contributed by atoms with Crippen LogP contribution in [0.25, 0.3) is 0 Å². The Hall–Kier alpha value is -0.410. The number of aliphatic hydroxyl groups is 1. The molecule has 1 aromatic rings. The molecule has 0 fully saturated rings. The number of hydrogen-bond acceptors (Lipinski definition) is 3. The van der Waals surface area contributed by atoms with Crippen molar-refractivity contribution in [2.75, 3.05) is 0 Å². The van der Waals surface area contributed by atoms with Crippen molar-refractivity contribution in [3.63, 3.8) is 0 Å². The van der Waals surface area contributed by atoms with Crippen molar-refractivity contribution >= 4 is 11.3 Å². The lowest BCUT2D eigenvalue weighted by molar-refractivity contribution is 0.134. The molecule has 0 aliphatic rings. The number of nitrogens with zero attached hydrogens (tertiary/aromatic N) is 1. The first-order valence-corrected chi connectivity index (χ1v) is 5.43. The van der Waals surface area contributed by atoms with Crippen molar-refractivity contribution in [2.45, 2.75) is 40.2 Å². The number of rotatable bonds is 3. The second-order valence-corrected chi connectivity index (χ2v) is 5.07. The van der Waals surface area contributed by atoms with Gasteiger partial charge in [-0.2, -0.15) is 0 Å². The number of aromatic nitrogens is 1. The maximum atomic E-state index is 9.36. The SMILES string of the molecule is Cc1nc(CC(C)C(C)O)c(C)s1. The molecule has 0 radical (unpaired) electrons. The van der Waals surface area contributed by atoms with Gasteiger partial charge in [-0.15, -0.1) is 11.3 Å². The van der Waals surface area contributed by atoms with E-state index in [0.717, 1.165) is 17.1 Å². The molecule has 0 aliphatic carbocycles. The highest BCUT2D eigenvalue weighted by atomic mass is 32.1. The van der Waals surface area contributed by atoms with E-state index in [2.05, 4.69) is 18.8 Å². The van der Waals surface area contributed by atoms with Crippen LogP contribution in [0.3, 0.4) is 0 Å². The molecular formula is C10H17NOS. The lowest BCUT2D eigenvalue weighted by atomic mass is 10.00. The summed E-state index contributed by atoms with van der Waals surface area (Å²) in [6, 6.07) is 0. The van der Waals surface area contributed by atoms with E-state index < -0.39 is 0 Å². The van der Waals surface area contributed by atoms with Gasteiger partial charge in [0, 0.05) is 4.88 Å². The van der Waals surface area contributed by atoms with Gasteiger partial charge in [0.1, 0.15) is 0 Å². The first-order valence-electron chi connectivity index (χ1n) is 4.61. The maximum Gasteiger partial charge on any atom is 0.0900 e. The molecule has 0 spiro atoms. The summed E-state index contributed by atoms with van der Waals surface area (Å²) in [5.41, 5.74) is 1.15. The minimum atomic E-state index is -0.249. The largest absolute Gasteiger partial charge is 0.393 e. The van der Waals surface area contributed by atoms with E-state index in [-0.39, 0.29) is 6.10 Å². The van der Waals surface area contributed by atoms with E-state index in [0.29, 0.717) is 5.92 Å². The van der Waals surface area contributed by atoms with Crippen LogP contribution in [0.4, 0.5) is 0 Å². The Balaban J connectivity index is 2.68. The summed E-state index contributed by atoms with van der Waals surface area (Å²) < 4.78 is 0. The van der Waals surface area contributed by atoms with Crippen molar-refractivity contribution in [1.82, 2.24) is 4.98 Å². The molecule has 0 saturated carbocycles. The summed E-state index contributed by atoms with van der Waals surface area (Å²) in [5.74, 6) is 0.292. The van der Waals surface area contributed by atoms with Gasteiger partial charge in [-0.1, -0.05) is 6.92 Å². The van der Waals surface area contributed by atoms with Crippen molar-refractivity contribution in [2.24, 2.45) is 5.92 Å². The monoisotopic (exact) mass is 199 g/mol. The normalized spacial score (nSPS) is 15.8. The fraction of sp³-hybridized carbons (Fsp3) is 0.700. The third kappa shape index (κ3) is 2.78. The van der Waals surface area contributed by atoms with E-state index in [9.17, 15) is 5.11 Å². The molecule has 1 heterocycles. The van der Waals surface area contributed by atoms with Gasteiger partial charge < -0.3 is 5.11 Å². The molecule has 13 heavy (non-hydrogen) atoms. The third-order valence-corrected chi connectivity index (χ3v) is 3.27. The third-order valence-electron chi connectivity index (χ3n) is 2.34. The second kappa shape index (κ2) is 4.20. The zero-order valence-electron chi connectivity index (χ0n) is 8.66. The van der Waals surface area contributed by atoms with Gasteiger partial charge in [-0.25, -0.2) is 4.98 Å². The van der Waals surface area contributed by atoms with Crippen LogP contribution in [0, 0.1) is 19.8 Å². The Kier molecular flexibility index (Phi) is 3.45. The predicted molar refractivity (Wildman–Crippen MR) is 56.1 cm³/mol. The van der Waals surface area contributed by atoms with Crippen LogP contribution in [-0.2, 0) is 6.42 Å². The van der Waals surface area contributed by atoms with Gasteiger partial charge in [0.25, 0.3) is 0 Å². The standard InChI is InChI=1S/C10H17NOS/c1-6(7(2)12)5-10-8(3)13-9(4)11-10/h6-7,12H,5H2,1-4H3. The summed E-state index contributed by atoms with van der Waals surface area (Å²) in [7, 11) is 0. The minimum Gasteiger partial charge on any atom is -0.393 e. The first-order chi connectivity index (χ1) is 6.00. The molecule has 2 unspecified atom stereocenters. The Labute approximate surface area is 83.6 Å². The maximum absolute atomic E-state index is 9.36. The highest BCUT2D eigenvalue weighted by Gasteiger charge is 2.13. The van der Waals surface area contributed by atoms with Gasteiger partial charge in [0.05, 0.1) is 16.8 Å². The molecule has 0 aromatic carbocycles. The van der Waals surface area contributed by atoms with E-state index in [1.165, 1.54) is 4.88 Å². The van der Waals surface area contributed by atoms with Gasteiger partial charge in [-0.3, -0.25) is 0 Å². The Bertz CT molecular complexity index is 280. The lowest BCUT2D eigenvalue weighted by Crippen LogP contribution is -2.16. The lowest BCUT2D eigenvalue weighted by Gasteiger charge is -2.12. The van der Waals surface area contributed by atoms with E-state index in [4.69, 9.17) is 0 Å². The van der Waals surface area contributed by atoms with Crippen LogP contribution in [0.2, 0.25) is 0 Å². The molecule has 1 N–H and O–H groups in total. The number of aryl methyl sites for hydroxylation is 2. The summed E-state index contributed by atoms with van der Waals surface area (Å²) >= 11 is 1.73. The summed E-state index contributed by atoms with van der Waals surface area (Å²) in [4.78, 5) is 5.72. The zero-order valence-corrected chi connectivity index (χ0v) is 9.48. The highest BCUT2D eigenvalue weighted by Crippen LogP contribution is 2.20. The molecule has 0 saturated heterocycles. The van der Waals surface area contributed by atoms with Gasteiger partial charge in [0.15, 0.2) is 0 Å². The van der Waals surface area contributed by atoms with Crippen LogP contribution in [0.5, 0.6) is 0 Å². The van der Waals surface area contributed by atoms with Crippen LogP contribution < -0.4 is 0 Å². The topological polar surface area (TPSA) is 33.1 Å². The quantitative estimate of drug-likeness (QED) is 0.810. The van der Waals surface area contributed by atoms with E-state index in [1.807, 2.05) is 13.8 Å². The molecule has 3 heteroatoms. The number of thiazole rings is 1. The first kappa shape index (κ1) is 10.7. The molecule has 2 nitrogen and oxygen atoms in total. The second-order valence-electron chi connectivity index (χ2n) is 3.66. The average molecular weight is 199 g/mol. The Morgan fingerprint density at radius 1 is 1.38 bits per heavy atom.